The summed E-state index contributed by atoms with van der Waals surface area (Å²) in [5.74, 6) is 0.430. The molecule has 1 saturated carbocycles. The summed E-state index contributed by atoms with van der Waals surface area (Å²) < 4.78 is 7.84. The minimum Gasteiger partial charge on any atom is -0.431 e. The second kappa shape index (κ2) is 11.6. The highest BCUT2D eigenvalue weighted by Gasteiger charge is 2.24. The van der Waals surface area contributed by atoms with E-state index in [9.17, 15) is 25.0 Å². The molecule has 0 radical (unpaired) electrons. The van der Waals surface area contributed by atoms with Crippen molar-refractivity contribution in [3.05, 3.63) is 99.6 Å². The van der Waals surface area contributed by atoms with Gasteiger partial charge in [-0.25, -0.2) is 9.97 Å². The number of nitro groups is 2. The van der Waals surface area contributed by atoms with E-state index in [-0.39, 0.29) is 33.3 Å². The number of hydrogen-bond donors (Lipinski definition) is 0. The highest BCUT2D eigenvalue weighted by Crippen LogP contribution is 2.39. The predicted octanol–water partition coefficient (Wildman–Crippen LogP) is 6.86. The van der Waals surface area contributed by atoms with Gasteiger partial charge in [0.1, 0.15) is 12.0 Å². The Kier molecular flexibility index (Phi) is 7.98. The average Bonchev–Trinajstić information content (AvgIpc) is 2.94. The number of nitro benzene ring substituents is 1. The monoisotopic (exact) mass is 670 g/mol. The maximum Gasteiger partial charge on any atom is 0.313 e. The van der Waals surface area contributed by atoms with Crippen LogP contribution in [0.1, 0.15) is 49.4 Å². The van der Waals surface area contributed by atoms with Crippen molar-refractivity contribution in [2.24, 2.45) is 5.10 Å². The lowest BCUT2D eigenvalue weighted by Crippen LogP contribution is -2.25. The number of nitrogens with zero attached hydrogens (tertiary/aromatic N) is 6. The zero-order valence-corrected chi connectivity index (χ0v) is 23.9. The number of benzene rings is 2. The Morgan fingerprint density at radius 1 is 1.02 bits per heavy atom. The maximum absolute atomic E-state index is 13.5. The zero-order valence-electron chi connectivity index (χ0n) is 20.7. The van der Waals surface area contributed by atoms with Crippen molar-refractivity contribution in [2.45, 2.75) is 38.0 Å². The fourth-order valence-electron chi connectivity index (χ4n) is 4.58. The summed E-state index contributed by atoms with van der Waals surface area (Å²) >= 11 is 6.71. The summed E-state index contributed by atoms with van der Waals surface area (Å²) in [6, 6.07) is 10.6. The minimum absolute atomic E-state index is 0.0621. The Bertz CT molecular complexity index is 1720. The second-order valence-corrected chi connectivity index (χ2v) is 10.9. The predicted molar refractivity (Wildman–Crippen MR) is 154 cm³/mol. The van der Waals surface area contributed by atoms with Crippen LogP contribution in [-0.4, -0.2) is 30.7 Å². The molecule has 4 aromatic rings. The molecule has 40 heavy (non-hydrogen) atoms. The van der Waals surface area contributed by atoms with Crippen molar-refractivity contribution in [3.63, 3.8) is 0 Å². The molecular weight excluding hydrogens is 652 g/mol. The Morgan fingerprint density at radius 3 is 2.48 bits per heavy atom. The van der Waals surface area contributed by atoms with E-state index in [2.05, 4.69) is 41.9 Å². The van der Waals surface area contributed by atoms with Crippen molar-refractivity contribution in [1.29, 1.82) is 0 Å². The Balaban J connectivity index is 1.54. The third-order valence-corrected chi connectivity index (χ3v) is 7.59. The van der Waals surface area contributed by atoms with Crippen LogP contribution >= 0.6 is 31.9 Å². The number of ether oxygens (including phenoxy) is 1. The molecule has 0 saturated heterocycles. The number of rotatable bonds is 7. The summed E-state index contributed by atoms with van der Waals surface area (Å²) in [5, 5.41) is 27.6. The summed E-state index contributed by atoms with van der Waals surface area (Å²) in [6.45, 7) is 0. The number of fused-ring (bicyclic) bond motifs is 1. The lowest BCUT2D eigenvalue weighted by molar-refractivity contribution is -0.385. The SMILES string of the molecule is O=c1c2cc(Br)ccc2nc(C2CCCCC2)n1N=Cc1cc(Br)c(Oc2ccc([N+](=O)[O-])cn2)c([N+](=O)[O-])c1. The first-order chi connectivity index (χ1) is 19.2. The van der Waals surface area contributed by atoms with Crippen LogP contribution in [0.15, 0.2) is 67.5 Å². The van der Waals surface area contributed by atoms with Gasteiger partial charge in [-0.15, -0.1) is 0 Å². The number of hydrogen-bond acceptors (Lipinski definition) is 9. The third-order valence-electron chi connectivity index (χ3n) is 6.51. The lowest BCUT2D eigenvalue weighted by atomic mass is 9.88. The van der Waals surface area contributed by atoms with E-state index < -0.39 is 15.5 Å². The van der Waals surface area contributed by atoms with E-state index in [1.165, 1.54) is 29.1 Å². The molecule has 0 spiro atoms. The molecule has 5 rings (SSSR count). The van der Waals surface area contributed by atoms with Crippen molar-refractivity contribution in [2.75, 3.05) is 0 Å². The van der Waals surface area contributed by atoms with Gasteiger partial charge < -0.3 is 4.74 Å². The fourth-order valence-corrected chi connectivity index (χ4v) is 5.49. The number of halogens is 2. The molecule has 1 aliphatic rings. The molecular formula is C26H20Br2N6O6. The van der Waals surface area contributed by atoms with Gasteiger partial charge in [-0.3, -0.25) is 25.0 Å². The summed E-state index contributed by atoms with van der Waals surface area (Å²) in [4.78, 5) is 43.7. The second-order valence-electron chi connectivity index (χ2n) is 9.15. The van der Waals surface area contributed by atoms with Crippen LogP contribution in [-0.2, 0) is 0 Å². The first-order valence-electron chi connectivity index (χ1n) is 12.2. The Morgan fingerprint density at radius 2 is 1.80 bits per heavy atom. The molecule has 204 valence electrons. The molecule has 2 aromatic heterocycles. The quantitative estimate of drug-likeness (QED) is 0.117. The van der Waals surface area contributed by atoms with Gasteiger partial charge >= 0.3 is 5.69 Å². The van der Waals surface area contributed by atoms with E-state index in [0.29, 0.717) is 22.3 Å². The molecule has 2 heterocycles. The summed E-state index contributed by atoms with van der Waals surface area (Å²) in [5.41, 5.74) is -0.0542. The molecule has 0 bridgehead atoms. The highest BCUT2D eigenvalue weighted by atomic mass is 79.9. The van der Waals surface area contributed by atoms with Crippen molar-refractivity contribution in [1.82, 2.24) is 14.6 Å². The first kappa shape index (κ1) is 27.5. The third kappa shape index (κ3) is 5.77. The Labute approximate surface area is 243 Å². The first-order valence-corrected chi connectivity index (χ1v) is 13.8. The minimum atomic E-state index is -0.627. The van der Waals surface area contributed by atoms with Crippen LogP contribution in [0.3, 0.4) is 0 Å². The van der Waals surface area contributed by atoms with Gasteiger partial charge in [0.15, 0.2) is 0 Å². The van der Waals surface area contributed by atoms with Crippen molar-refractivity contribution < 1.29 is 14.6 Å². The molecule has 12 nitrogen and oxygen atoms in total. The van der Waals surface area contributed by atoms with Gasteiger partial charge in [0.2, 0.25) is 11.6 Å². The van der Waals surface area contributed by atoms with E-state index in [1.807, 2.05) is 6.07 Å². The van der Waals surface area contributed by atoms with Gasteiger partial charge in [0.05, 0.1) is 31.4 Å². The molecule has 0 atom stereocenters. The van der Waals surface area contributed by atoms with Crippen LogP contribution in [0, 0.1) is 20.2 Å². The molecule has 14 heteroatoms. The fraction of sp³-hybridized carbons (Fsp3) is 0.231. The molecule has 2 aromatic carbocycles. The standard InChI is InChI=1S/C26H20Br2N6O6/c27-17-6-8-21-19(12-17)26(35)32(25(31-21)16-4-2-1-3-5-16)30-13-15-10-20(28)24(22(11-15)34(38)39)40-23-9-7-18(14-29-23)33(36)37/h6-14,16H,1-5H2. The highest BCUT2D eigenvalue weighted by molar-refractivity contribution is 9.10. The molecule has 0 unspecified atom stereocenters. The molecule has 0 N–H and O–H groups in total. The van der Waals surface area contributed by atoms with Crippen LogP contribution in [0.5, 0.6) is 11.6 Å². The van der Waals surface area contributed by atoms with Gasteiger partial charge in [-0.2, -0.15) is 9.78 Å². The summed E-state index contributed by atoms with van der Waals surface area (Å²) in [7, 11) is 0. The largest absolute Gasteiger partial charge is 0.431 e. The van der Waals surface area contributed by atoms with Gasteiger partial charge in [-0.1, -0.05) is 35.2 Å². The van der Waals surface area contributed by atoms with Crippen molar-refractivity contribution >= 4 is 60.4 Å². The van der Waals surface area contributed by atoms with Crippen LogP contribution in [0.2, 0.25) is 0 Å². The van der Waals surface area contributed by atoms with Gasteiger partial charge in [0.25, 0.3) is 11.2 Å². The van der Waals surface area contributed by atoms with Gasteiger partial charge in [-0.05, 0) is 53.0 Å². The molecule has 1 fully saturated rings. The number of aromatic nitrogens is 3. The molecule has 0 amide bonds. The summed E-state index contributed by atoms with van der Waals surface area (Å²) in [6.07, 6.45) is 7.35. The van der Waals surface area contributed by atoms with E-state index in [0.717, 1.165) is 42.8 Å². The zero-order chi connectivity index (χ0) is 28.4. The average molecular weight is 672 g/mol. The molecule has 0 aliphatic heterocycles. The maximum atomic E-state index is 13.5. The van der Waals surface area contributed by atoms with Crippen molar-refractivity contribution in [3.8, 4) is 11.6 Å². The smallest absolute Gasteiger partial charge is 0.313 e. The van der Waals surface area contributed by atoms with E-state index in [1.54, 1.807) is 18.2 Å². The van der Waals surface area contributed by atoms with E-state index in [4.69, 9.17) is 9.72 Å². The van der Waals surface area contributed by atoms with Crippen LogP contribution in [0.25, 0.3) is 10.9 Å². The lowest BCUT2D eigenvalue weighted by Gasteiger charge is -2.22. The normalized spacial score (nSPS) is 14.1. The topological polar surface area (TPSA) is 156 Å². The van der Waals surface area contributed by atoms with Gasteiger partial charge in [0, 0.05) is 34.2 Å². The van der Waals surface area contributed by atoms with Crippen LogP contribution < -0.4 is 10.3 Å². The number of pyridine rings is 1. The molecule has 1 aliphatic carbocycles. The Hall–Kier alpha value is -4.04. The van der Waals surface area contributed by atoms with Crippen LogP contribution in [0.4, 0.5) is 11.4 Å². The van der Waals surface area contributed by atoms with E-state index >= 15 is 0 Å².